The summed E-state index contributed by atoms with van der Waals surface area (Å²) in [5.41, 5.74) is 3.11. The third-order valence-corrected chi connectivity index (χ3v) is 4.87. The maximum Gasteiger partial charge on any atom is 0.325 e. The van der Waals surface area contributed by atoms with E-state index >= 15 is 0 Å². The predicted octanol–water partition coefficient (Wildman–Crippen LogP) is 2.26. The van der Waals surface area contributed by atoms with Gasteiger partial charge in [-0.1, -0.05) is 6.07 Å². The van der Waals surface area contributed by atoms with Gasteiger partial charge in [-0.05, 0) is 50.3 Å². The Kier molecular flexibility index (Phi) is 5.03. The highest BCUT2D eigenvalue weighted by Crippen LogP contribution is 2.38. The molecule has 6 nitrogen and oxygen atoms in total. The van der Waals surface area contributed by atoms with Crippen LogP contribution in [0.25, 0.3) is 0 Å². The third kappa shape index (κ3) is 3.37. The molecule has 0 aromatic carbocycles. The van der Waals surface area contributed by atoms with Crippen molar-refractivity contribution in [1.29, 1.82) is 0 Å². The number of hydrogen-bond donors (Lipinski definition) is 1. The van der Waals surface area contributed by atoms with E-state index in [4.69, 9.17) is 17.0 Å². The summed E-state index contributed by atoms with van der Waals surface area (Å²) >= 11 is 5.52. The second kappa shape index (κ2) is 7.23. The molecule has 1 N–H and O–H groups in total. The van der Waals surface area contributed by atoms with Gasteiger partial charge in [0.2, 0.25) is 0 Å². The highest BCUT2D eigenvalue weighted by Gasteiger charge is 2.42. The molecule has 1 fully saturated rings. The number of nitrogens with zero attached hydrogens (tertiary/aromatic N) is 3. The average molecular weight is 358 g/mol. The van der Waals surface area contributed by atoms with Crippen LogP contribution in [0.3, 0.4) is 0 Å². The molecule has 2 aromatic heterocycles. The van der Waals surface area contributed by atoms with Gasteiger partial charge in [-0.2, -0.15) is 0 Å². The molecular formula is C18H22N4O2S. The lowest BCUT2D eigenvalue weighted by molar-refractivity contribution is -0.143. The molecule has 0 amide bonds. The third-order valence-electron chi connectivity index (χ3n) is 4.52. The first-order chi connectivity index (χ1) is 12.0. The molecular weight excluding hydrogens is 336 g/mol. The van der Waals surface area contributed by atoms with Crippen LogP contribution in [0.4, 0.5) is 0 Å². The fourth-order valence-corrected chi connectivity index (χ4v) is 3.48. The lowest BCUT2D eigenvalue weighted by Crippen LogP contribution is -2.36. The molecule has 0 saturated carbocycles. The van der Waals surface area contributed by atoms with E-state index in [1.54, 1.807) is 13.1 Å². The van der Waals surface area contributed by atoms with E-state index in [1.165, 1.54) is 0 Å². The summed E-state index contributed by atoms with van der Waals surface area (Å²) in [6.45, 7) is 4.31. The number of rotatable bonds is 5. The van der Waals surface area contributed by atoms with Crippen molar-refractivity contribution < 1.29 is 9.53 Å². The summed E-state index contributed by atoms with van der Waals surface area (Å²) in [7, 11) is 2.02. The van der Waals surface area contributed by atoms with Crippen LogP contribution in [0, 0.1) is 6.92 Å². The van der Waals surface area contributed by atoms with Crippen LogP contribution >= 0.6 is 12.2 Å². The number of nitrogens with one attached hydrogen (secondary N) is 1. The molecule has 2 aromatic rings. The molecule has 0 spiro atoms. The summed E-state index contributed by atoms with van der Waals surface area (Å²) < 4.78 is 7.24. The Morgan fingerprint density at radius 1 is 1.36 bits per heavy atom. The number of thiocarbonyl (C=S) groups is 1. The van der Waals surface area contributed by atoms with Gasteiger partial charge in [0.15, 0.2) is 5.11 Å². The zero-order chi connectivity index (χ0) is 18.0. The van der Waals surface area contributed by atoms with Crippen LogP contribution in [0.5, 0.6) is 0 Å². The largest absolute Gasteiger partial charge is 0.465 e. The smallest absolute Gasteiger partial charge is 0.325 e. The fraction of sp³-hybridized carbons (Fsp3) is 0.389. The molecule has 2 atom stereocenters. The number of esters is 1. The normalized spacial score (nSPS) is 19.8. The fourth-order valence-electron chi connectivity index (χ4n) is 3.17. The SMILES string of the molecule is CCOC(=O)CN1C(=S)N[C@H](c2ccccn2)[C@H]1c1ccc(C)n1C. The Morgan fingerprint density at radius 2 is 2.16 bits per heavy atom. The summed E-state index contributed by atoms with van der Waals surface area (Å²) in [5, 5.41) is 3.86. The summed E-state index contributed by atoms with van der Waals surface area (Å²) in [5.74, 6) is -0.288. The van der Waals surface area contributed by atoms with Gasteiger partial charge in [-0.3, -0.25) is 9.78 Å². The first kappa shape index (κ1) is 17.4. The Labute approximate surface area is 152 Å². The van der Waals surface area contributed by atoms with E-state index in [1.807, 2.05) is 30.1 Å². The number of carbonyl (C=O) groups excluding carboxylic acids is 1. The quantitative estimate of drug-likeness (QED) is 0.654. The Hall–Kier alpha value is -2.41. The number of carbonyl (C=O) groups is 1. The maximum atomic E-state index is 12.1. The van der Waals surface area contributed by atoms with Gasteiger partial charge in [0.1, 0.15) is 6.54 Å². The molecule has 0 unspecified atom stereocenters. The first-order valence-electron chi connectivity index (χ1n) is 8.28. The van der Waals surface area contributed by atoms with Crippen molar-refractivity contribution in [2.24, 2.45) is 7.05 Å². The van der Waals surface area contributed by atoms with Crippen LogP contribution in [-0.4, -0.2) is 38.7 Å². The number of hydrogen-bond acceptors (Lipinski definition) is 4. The highest BCUT2D eigenvalue weighted by atomic mass is 32.1. The topological polar surface area (TPSA) is 59.4 Å². The molecule has 132 valence electrons. The Bertz CT molecular complexity index is 775. The minimum absolute atomic E-state index is 0.109. The van der Waals surface area contributed by atoms with Gasteiger partial charge in [-0.15, -0.1) is 0 Å². The zero-order valence-electron chi connectivity index (χ0n) is 14.6. The van der Waals surface area contributed by atoms with Crippen LogP contribution in [0.15, 0.2) is 36.5 Å². The molecule has 0 aliphatic carbocycles. The lowest BCUT2D eigenvalue weighted by Gasteiger charge is -2.27. The van der Waals surface area contributed by atoms with Crippen LogP contribution in [-0.2, 0) is 16.6 Å². The van der Waals surface area contributed by atoms with Gasteiger partial charge in [-0.25, -0.2) is 0 Å². The van der Waals surface area contributed by atoms with E-state index < -0.39 is 0 Å². The second-order valence-electron chi connectivity index (χ2n) is 6.02. The Morgan fingerprint density at radius 3 is 2.76 bits per heavy atom. The molecule has 25 heavy (non-hydrogen) atoms. The number of ether oxygens (including phenoxy) is 1. The van der Waals surface area contributed by atoms with Crippen molar-refractivity contribution in [3.8, 4) is 0 Å². The first-order valence-corrected chi connectivity index (χ1v) is 8.69. The average Bonchev–Trinajstić information content (AvgIpc) is 3.09. The zero-order valence-corrected chi connectivity index (χ0v) is 15.4. The van der Waals surface area contributed by atoms with E-state index in [2.05, 4.69) is 33.9 Å². The van der Waals surface area contributed by atoms with Gasteiger partial charge < -0.3 is 19.5 Å². The maximum absolute atomic E-state index is 12.1. The van der Waals surface area contributed by atoms with Crippen molar-refractivity contribution in [1.82, 2.24) is 19.8 Å². The van der Waals surface area contributed by atoms with E-state index in [0.29, 0.717) is 11.7 Å². The van der Waals surface area contributed by atoms with Gasteiger partial charge in [0.25, 0.3) is 0 Å². The van der Waals surface area contributed by atoms with Gasteiger partial charge in [0.05, 0.1) is 24.4 Å². The van der Waals surface area contributed by atoms with E-state index in [-0.39, 0.29) is 24.6 Å². The van der Waals surface area contributed by atoms with Crippen molar-refractivity contribution in [2.75, 3.05) is 13.2 Å². The Balaban J connectivity index is 2.00. The predicted molar refractivity (Wildman–Crippen MR) is 98.9 cm³/mol. The molecule has 7 heteroatoms. The molecule has 0 radical (unpaired) electrons. The van der Waals surface area contributed by atoms with Crippen molar-refractivity contribution in [3.05, 3.63) is 53.6 Å². The molecule has 1 saturated heterocycles. The minimum atomic E-state index is -0.288. The standard InChI is InChI=1S/C18H22N4O2S/c1-4-24-15(23)11-22-17(14-9-8-12(2)21(14)3)16(20-18(22)25)13-7-5-6-10-19-13/h5-10,16-17H,4,11H2,1-3H3,(H,20,25)/t16-,17-/m1/s1. The monoisotopic (exact) mass is 358 g/mol. The summed E-state index contributed by atoms with van der Waals surface area (Å²) in [4.78, 5) is 18.5. The summed E-state index contributed by atoms with van der Waals surface area (Å²) in [6.07, 6.45) is 1.77. The molecule has 0 bridgehead atoms. The van der Waals surface area contributed by atoms with E-state index in [0.717, 1.165) is 17.1 Å². The van der Waals surface area contributed by atoms with Crippen molar-refractivity contribution in [2.45, 2.75) is 25.9 Å². The highest BCUT2D eigenvalue weighted by molar-refractivity contribution is 7.80. The van der Waals surface area contributed by atoms with Crippen LogP contribution in [0.2, 0.25) is 0 Å². The van der Waals surface area contributed by atoms with Gasteiger partial charge in [0, 0.05) is 24.6 Å². The lowest BCUT2D eigenvalue weighted by atomic mass is 10.0. The minimum Gasteiger partial charge on any atom is -0.465 e. The van der Waals surface area contributed by atoms with E-state index in [9.17, 15) is 4.79 Å². The van der Waals surface area contributed by atoms with Crippen LogP contribution < -0.4 is 5.32 Å². The molecule has 3 rings (SSSR count). The summed E-state index contributed by atoms with van der Waals surface area (Å²) in [6, 6.07) is 9.68. The number of aryl methyl sites for hydroxylation is 1. The van der Waals surface area contributed by atoms with Gasteiger partial charge >= 0.3 is 5.97 Å². The van der Waals surface area contributed by atoms with Crippen molar-refractivity contribution >= 4 is 23.3 Å². The number of aromatic nitrogens is 2. The second-order valence-corrected chi connectivity index (χ2v) is 6.40. The number of pyridine rings is 1. The molecule has 3 heterocycles. The molecule has 1 aliphatic heterocycles. The molecule has 1 aliphatic rings. The van der Waals surface area contributed by atoms with Crippen LogP contribution in [0.1, 0.15) is 36.1 Å². The van der Waals surface area contributed by atoms with Crippen molar-refractivity contribution in [3.63, 3.8) is 0 Å².